The van der Waals surface area contributed by atoms with Gasteiger partial charge in [-0.25, -0.2) is 0 Å². The largest absolute Gasteiger partial charge is 0.469 e. The monoisotopic (exact) mass is 229 g/mol. The number of ether oxygens (including phenoxy) is 2. The Morgan fingerprint density at radius 1 is 1.44 bits per heavy atom. The van der Waals surface area contributed by atoms with Crippen LogP contribution in [0.2, 0.25) is 0 Å². The molecule has 0 saturated heterocycles. The fourth-order valence-corrected chi connectivity index (χ4v) is 0.836. The van der Waals surface area contributed by atoms with E-state index in [9.17, 15) is 14.4 Å². The molecular formula is C8H11N3O5. The molecule has 0 aromatic rings. The lowest BCUT2D eigenvalue weighted by Gasteiger charge is -2.14. The van der Waals surface area contributed by atoms with Gasteiger partial charge in [0.25, 0.3) is 0 Å². The Hall–Kier alpha value is -1.92. The van der Waals surface area contributed by atoms with Crippen molar-refractivity contribution in [3.63, 3.8) is 0 Å². The third-order valence-electron chi connectivity index (χ3n) is 1.57. The molecule has 2 atom stereocenters. The number of azide groups is 1. The zero-order valence-electron chi connectivity index (χ0n) is 8.61. The number of carbonyl (C=O) groups is 3. The van der Waals surface area contributed by atoms with Crippen molar-refractivity contribution in [3.05, 3.63) is 10.4 Å². The lowest BCUT2D eigenvalue weighted by Crippen LogP contribution is -2.29. The summed E-state index contributed by atoms with van der Waals surface area (Å²) in [6.45, 7) is -0.231. The van der Waals surface area contributed by atoms with Crippen LogP contribution >= 0.6 is 0 Å². The highest BCUT2D eigenvalue weighted by Crippen LogP contribution is 2.02. The first kappa shape index (κ1) is 14.1. The standard InChI is InChI=1S/C8H11N3O5/c1-15-8(14)2-6(4-12)16-7(5-13)3-10-11-9/h4-7H,2-3H2,1H3/t6?,7-/m1/s1. The summed E-state index contributed by atoms with van der Waals surface area (Å²) in [6, 6.07) is 0. The van der Waals surface area contributed by atoms with E-state index in [0.717, 1.165) is 0 Å². The minimum atomic E-state index is -1.09. The van der Waals surface area contributed by atoms with Gasteiger partial charge in [0, 0.05) is 4.91 Å². The molecule has 0 fully saturated rings. The van der Waals surface area contributed by atoms with Crippen molar-refractivity contribution in [2.45, 2.75) is 18.6 Å². The molecule has 0 aliphatic carbocycles. The zero-order chi connectivity index (χ0) is 12.4. The van der Waals surface area contributed by atoms with Gasteiger partial charge in [-0.1, -0.05) is 5.11 Å². The second-order valence-corrected chi connectivity index (χ2v) is 2.68. The van der Waals surface area contributed by atoms with Gasteiger partial charge >= 0.3 is 5.97 Å². The van der Waals surface area contributed by atoms with Gasteiger partial charge in [0.05, 0.1) is 20.1 Å². The van der Waals surface area contributed by atoms with E-state index >= 15 is 0 Å². The van der Waals surface area contributed by atoms with Crippen LogP contribution in [-0.4, -0.2) is 44.4 Å². The van der Waals surface area contributed by atoms with Crippen LogP contribution in [0.15, 0.2) is 5.11 Å². The predicted molar refractivity (Wildman–Crippen MR) is 51.4 cm³/mol. The molecule has 8 nitrogen and oxygen atoms in total. The molecule has 0 bridgehead atoms. The number of rotatable bonds is 8. The predicted octanol–water partition coefficient (Wildman–Crippen LogP) is 0.0114. The Labute approximate surface area is 91.1 Å². The number of esters is 1. The molecular weight excluding hydrogens is 218 g/mol. The summed E-state index contributed by atoms with van der Waals surface area (Å²) in [6.07, 6.45) is -1.65. The highest BCUT2D eigenvalue weighted by atomic mass is 16.5. The molecule has 0 aliphatic rings. The van der Waals surface area contributed by atoms with E-state index in [2.05, 4.69) is 14.8 Å². The summed E-state index contributed by atoms with van der Waals surface area (Å²) in [7, 11) is 1.17. The Kier molecular flexibility index (Phi) is 7.39. The molecule has 8 heteroatoms. The number of hydrogen-bond donors (Lipinski definition) is 0. The smallest absolute Gasteiger partial charge is 0.308 e. The van der Waals surface area contributed by atoms with Crippen molar-refractivity contribution in [2.75, 3.05) is 13.7 Å². The van der Waals surface area contributed by atoms with Gasteiger partial charge in [-0.2, -0.15) is 0 Å². The first-order chi connectivity index (χ1) is 7.67. The van der Waals surface area contributed by atoms with Crippen LogP contribution in [0, 0.1) is 0 Å². The van der Waals surface area contributed by atoms with Gasteiger partial charge in [0.1, 0.15) is 24.8 Å². The molecule has 0 aromatic carbocycles. The number of nitrogens with zero attached hydrogens (tertiary/aromatic N) is 3. The first-order valence-electron chi connectivity index (χ1n) is 4.31. The number of hydrogen-bond acceptors (Lipinski definition) is 6. The third kappa shape index (κ3) is 5.74. The van der Waals surface area contributed by atoms with Crippen LogP contribution in [0.5, 0.6) is 0 Å². The second-order valence-electron chi connectivity index (χ2n) is 2.68. The topological polar surface area (TPSA) is 118 Å². The van der Waals surface area contributed by atoms with Crippen molar-refractivity contribution in [2.24, 2.45) is 5.11 Å². The quantitative estimate of drug-likeness (QED) is 0.191. The lowest BCUT2D eigenvalue weighted by atomic mass is 10.2. The molecule has 0 heterocycles. The fraction of sp³-hybridized carbons (Fsp3) is 0.625. The van der Waals surface area contributed by atoms with Crippen LogP contribution in [0.4, 0.5) is 0 Å². The second kappa shape index (κ2) is 8.39. The van der Waals surface area contributed by atoms with E-state index in [-0.39, 0.29) is 13.0 Å². The summed E-state index contributed by atoms with van der Waals surface area (Å²) < 4.78 is 9.25. The average molecular weight is 229 g/mol. The fourth-order valence-electron chi connectivity index (χ4n) is 0.836. The summed E-state index contributed by atoms with van der Waals surface area (Å²) >= 11 is 0. The Morgan fingerprint density at radius 2 is 2.06 bits per heavy atom. The van der Waals surface area contributed by atoms with Gasteiger partial charge in [0.2, 0.25) is 0 Å². The number of methoxy groups -OCH3 is 1. The molecule has 88 valence electrons. The minimum Gasteiger partial charge on any atom is -0.469 e. The summed E-state index contributed by atoms with van der Waals surface area (Å²) in [5.74, 6) is -0.634. The minimum absolute atomic E-state index is 0.231. The maximum Gasteiger partial charge on any atom is 0.308 e. The normalized spacial score (nSPS) is 13.1. The van der Waals surface area contributed by atoms with Crippen LogP contribution in [0.3, 0.4) is 0 Å². The molecule has 0 spiro atoms. The maximum atomic E-state index is 10.8. The van der Waals surface area contributed by atoms with Gasteiger partial charge in [-0.05, 0) is 5.53 Å². The van der Waals surface area contributed by atoms with E-state index in [4.69, 9.17) is 10.3 Å². The van der Waals surface area contributed by atoms with Crippen LogP contribution in [0.25, 0.3) is 10.4 Å². The van der Waals surface area contributed by atoms with Gasteiger partial charge in [-0.3, -0.25) is 4.79 Å². The van der Waals surface area contributed by atoms with Crippen LogP contribution in [0.1, 0.15) is 6.42 Å². The molecule has 0 aromatic heterocycles. The SMILES string of the molecule is COC(=O)CC(C=O)O[C@@H](C=O)CN=[N+]=[N-]. The van der Waals surface area contributed by atoms with Gasteiger partial charge in [0.15, 0.2) is 0 Å². The highest BCUT2D eigenvalue weighted by molar-refractivity contribution is 5.75. The van der Waals surface area contributed by atoms with Crippen LogP contribution < -0.4 is 0 Å². The van der Waals surface area contributed by atoms with E-state index in [0.29, 0.717) is 12.6 Å². The first-order valence-corrected chi connectivity index (χ1v) is 4.31. The van der Waals surface area contributed by atoms with Gasteiger partial charge in [-0.15, -0.1) is 0 Å². The van der Waals surface area contributed by atoms with E-state index in [1.54, 1.807) is 0 Å². The molecule has 0 amide bonds. The maximum absolute atomic E-state index is 10.8. The number of aldehydes is 2. The van der Waals surface area contributed by atoms with Crippen molar-refractivity contribution >= 4 is 18.5 Å². The molecule has 0 N–H and O–H groups in total. The van der Waals surface area contributed by atoms with E-state index < -0.39 is 18.2 Å². The van der Waals surface area contributed by atoms with Gasteiger partial charge < -0.3 is 19.1 Å². The average Bonchev–Trinajstić information content (AvgIpc) is 2.32. The number of carbonyl (C=O) groups excluding carboxylic acids is 3. The van der Waals surface area contributed by atoms with Crippen molar-refractivity contribution < 1.29 is 23.9 Å². The third-order valence-corrected chi connectivity index (χ3v) is 1.57. The summed E-state index contributed by atoms with van der Waals surface area (Å²) in [5.41, 5.74) is 8.03. The zero-order valence-corrected chi connectivity index (χ0v) is 8.61. The van der Waals surface area contributed by atoms with E-state index in [1.807, 2.05) is 0 Å². The van der Waals surface area contributed by atoms with Crippen molar-refractivity contribution in [3.8, 4) is 0 Å². The molecule has 0 radical (unpaired) electrons. The van der Waals surface area contributed by atoms with Crippen LogP contribution in [-0.2, 0) is 23.9 Å². The summed E-state index contributed by atoms with van der Waals surface area (Å²) in [5, 5.41) is 3.12. The van der Waals surface area contributed by atoms with E-state index in [1.165, 1.54) is 7.11 Å². The van der Waals surface area contributed by atoms with Crippen molar-refractivity contribution in [1.29, 1.82) is 0 Å². The molecule has 1 unspecified atom stereocenters. The van der Waals surface area contributed by atoms with Crippen molar-refractivity contribution in [1.82, 2.24) is 0 Å². The molecule has 0 rings (SSSR count). The lowest BCUT2D eigenvalue weighted by molar-refractivity contribution is -0.148. The molecule has 16 heavy (non-hydrogen) atoms. The highest BCUT2D eigenvalue weighted by Gasteiger charge is 2.18. The Balaban J connectivity index is 4.26. The summed E-state index contributed by atoms with van der Waals surface area (Å²) in [4.78, 5) is 34.3. The molecule has 0 aliphatic heterocycles. The Morgan fingerprint density at radius 3 is 2.50 bits per heavy atom. The Bertz CT molecular complexity index is 300. The molecule has 0 saturated carbocycles.